The van der Waals surface area contributed by atoms with E-state index < -0.39 is 4.92 Å². The van der Waals surface area contributed by atoms with Crippen LogP contribution >= 0.6 is 24.0 Å². The number of nitrogens with zero attached hydrogens (tertiary/aromatic N) is 1. The molecular weight excluding hydrogens is 327 g/mol. The van der Waals surface area contributed by atoms with Crippen LogP contribution in [0, 0.1) is 10.1 Å². The molecule has 0 aliphatic heterocycles. The van der Waals surface area contributed by atoms with Crippen molar-refractivity contribution < 1.29 is 9.66 Å². The fraction of sp³-hybridized carbons (Fsp3) is 0.200. The highest BCUT2D eigenvalue weighted by Crippen LogP contribution is 2.26. The zero-order chi connectivity index (χ0) is 15.2. The van der Waals surface area contributed by atoms with Crippen molar-refractivity contribution in [2.24, 2.45) is 0 Å². The summed E-state index contributed by atoms with van der Waals surface area (Å²) in [6, 6.07) is 12.3. The first kappa shape index (κ1) is 18.2. The molecule has 0 radical (unpaired) electrons. The number of ether oxygens (including phenoxy) is 1. The highest BCUT2D eigenvalue weighted by Gasteiger charge is 2.15. The highest BCUT2D eigenvalue weighted by molar-refractivity contribution is 6.31. The average Bonchev–Trinajstić information content (AvgIpc) is 2.49. The molecule has 7 heteroatoms. The molecule has 0 saturated carbocycles. The molecule has 1 N–H and O–H groups in total. The first-order chi connectivity index (χ1) is 10.1. The van der Waals surface area contributed by atoms with Gasteiger partial charge in [-0.2, -0.15) is 0 Å². The summed E-state index contributed by atoms with van der Waals surface area (Å²) in [6.45, 7) is 0.925. The molecule has 2 aromatic carbocycles. The minimum absolute atomic E-state index is 0. The second kappa shape index (κ2) is 8.58. The van der Waals surface area contributed by atoms with Gasteiger partial charge < -0.3 is 10.1 Å². The quantitative estimate of drug-likeness (QED) is 0.637. The van der Waals surface area contributed by atoms with Gasteiger partial charge in [-0.05, 0) is 23.8 Å². The number of hydrogen-bond donors (Lipinski definition) is 1. The van der Waals surface area contributed by atoms with Gasteiger partial charge in [-0.1, -0.05) is 29.8 Å². The Morgan fingerprint density at radius 3 is 2.45 bits per heavy atom. The lowest BCUT2D eigenvalue weighted by molar-refractivity contribution is -0.385. The third kappa shape index (κ3) is 4.59. The summed E-state index contributed by atoms with van der Waals surface area (Å²) in [5, 5.41) is 14.5. The van der Waals surface area contributed by atoms with Gasteiger partial charge in [0.2, 0.25) is 0 Å². The molecule has 118 valence electrons. The molecule has 0 unspecified atom stereocenters. The predicted molar refractivity (Wildman–Crippen MR) is 88.9 cm³/mol. The Labute approximate surface area is 139 Å². The predicted octanol–water partition coefficient (Wildman–Crippen LogP) is 3.97. The van der Waals surface area contributed by atoms with Gasteiger partial charge in [-0.15, -0.1) is 12.4 Å². The molecular formula is C15H16Cl2N2O3. The Kier molecular flexibility index (Phi) is 7.11. The van der Waals surface area contributed by atoms with Crippen LogP contribution in [-0.4, -0.2) is 12.0 Å². The number of rotatable bonds is 6. The van der Waals surface area contributed by atoms with E-state index in [1.165, 1.54) is 6.07 Å². The summed E-state index contributed by atoms with van der Waals surface area (Å²) in [7, 11) is 1.61. The van der Waals surface area contributed by atoms with E-state index in [1.807, 2.05) is 24.3 Å². The van der Waals surface area contributed by atoms with Crippen molar-refractivity contribution in [1.82, 2.24) is 5.32 Å². The van der Waals surface area contributed by atoms with Crippen molar-refractivity contribution >= 4 is 29.7 Å². The van der Waals surface area contributed by atoms with E-state index in [-0.39, 0.29) is 18.1 Å². The van der Waals surface area contributed by atoms with Crippen LogP contribution in [0.4, 0.5) is 5.69 Å². The van der Waals surface area contributed by atoms with Crippen LogP contribution in [-0.2, 0) is 13.1 Å². The molecule has 0 aliphatic rings. The van der Waals surface area contributed by atoms with Crippen LogP contribution in [0.3, 0.4) is 0 Å². The van der Waals surface area contributed by atoms with Gasteiger partial charge in [0, 0.05) is 19.2 Å². The van der Waals surface area contributed by atoms with E-state index in [2.05, 4.69) is 5.32 Å². The zero-order valence-electron chi connectivity index (χ0n) is 11.9. The zero-order valence-corrected chi connectivity index (χ0v) is 13.5. The normalized spacial score (nSPS) is 9.91. The van der Waals surface area contributed by atoms with Crippen LogP contribution in [0.15, 0.2) is 42.5 Å². The maximum absolute atomic E-state index is 11.0. The molecule has 0 saturated heterocycles. The summed E-state index contributed by atoms with van der Waals surface area (Å²) < 4.78 is 5.09. The van der Waals surface area contributed by atoms with Crippen molar-refractivity contribution in [1.29, 1.82) is 0 Å². The molecule has 0 atom stereocenters. The number of methoxy groups -OCH3 is 1. The number of nitro benzene ring substituents is 1. The number of nitro groups is 1. The Balaban J connectivity index is 0.00000242. The smallest absolute Gasteiger partial charge is 0.275 e. The van der Waals surface area contributed by atoms with Gasteiger partial charge in [-0.3, -0.25) is 10.1 Å². The van der Waals surface area contributed by atoms with Gasteiger partial charge in [-0.25, -0.2) is 0 Å². The molecule has 2 rings (SSSR count). The standard InChI is InChI=1S/C15H15ClN2O3.ClH/c1-21-12-7-5-11(6-8-12)9-17-10-13-14(16)3-2-4-15(13)18(19)20;/h2-8,17H,9-10H2,1H3;1H. The summed E-state index contributed by atoms with van der Waals surface area (Å²) in [6.07, 6.45) is 0. The van der Waals surface area contributed by atoms with Gasteiger partial charge in [0.05, 0.1) is 22.6 Å². The molecule has 0 bridgehead atoms. The summed E-state index contributed by atoms with van der Waals surface area (Å²) in [5.74, 6) is 0.792. The van der Waals surface area contributed by atoms with E-state index in [4.69, 9.17) is 16.3 Å². The number of benzene rings is 2. The monoisotopic (exact) mass is 342 g/mol. The Morgan fingerprint density at radius 2 is 1.86 bits per heavy atom. The Morgan fingerprint density at radius 1 is 1.18 bits per heavy atom. The third-order valence-electron chi connectivity index (χ3n) is 3.08. The van der Waals surface area contributed by atoms with E-state index in [1.54, 1.807) is 19.2 Å². The van der Waals surface area contributed by atoms with E-state index in [0.717, 1.165) is 11.3 Å². The first-order valence-electron chi connectivity index (χ1n) is 6.37. The number of hydrogen-bond acceptors (Lipinski definition) is 4. The Hall–Kier alpha value is -1.82. The van der Waals surface area contributed by atoms with E-state index in [0.29, 0.717) is 23.7 Å². The molecule has 0 fully saturated rings. The van der Waals surface area contributed by atoms with Crippen LogP contribution in [0.2, 0.25) is 5.02 Å². The van der Waals surface area contributed by atoms with Crippen LogP contribution in [0.5, 0.6) is 5.75 Å². The first-order valence-corrected chi connectivity index (χ1v) is 6.75. The molecule has 0 spiro atoms. The molecule has 0 amide bonds. The van der Waals surface area contributed by atoms with Crippen LogP contribution in [0.25, 0.3) is 0 Å². The molecule has 2 aromatic rings. The largest absolute Gasteiger partial charge is 0.497 e. The van der Waals surface area contributed by atoms with Gasteiger partial charge in [0.15, 0.2) is 0 Å². The van der Waals surface area contributed by atoms with Crippen molar-refractivity contribution in [2.75, 3.05) is 7.11 Å². The van der Waals surface area contributed by atoms with Crippen molar-refractivity contribution in [3.63, 3.8) is 0 Å². The van der Waals surface area contributed by atoms with Gasteiger partial charge >= 0.3 is 0 Å². The van der Waals surface area contributed by atoms with Gasteiger partial charge in [0.25, 0.3) is 5.69 Å². The maximum Gasteiger partial charge on any atom is 0.275 e. The van der Waals surface area contributed by atoms with Crippen molar-refractivity contribution in [2.45, 2.75) is 13.1 Å². The topological polar surface area (TPSA) is 64.4 Å². The lowest BCUT2D eigenvalue weighted by Gasteiger charge is -2.08. The Bertz CT molecular complexity index is 633. The maximum atomic E-state index is 11.0. The van der Waals surface area contributed by atoms with Crippen molar-refractivity contribution in [3.05, 3.63) is 68.7 Å². The molecule has 0 heterocycles. The second-order valence-corrected chi connectivity index (χ2v) is 4.85. The highest BCUT2D eigenvalue weighted by atomic mass is 35.5. The van der Waals surface area contributed by atoms with Crippen molar-refractivity contribution in [3.8, 4) is 5.75 Å². The number of halogens is 2. The second-order valence-electron chi connectivity index (χ2n) is 4.45. The van der Waals surface area contributed by atoms with Gasteiger partial charge in [0.1, 0.15) is 5.75 Å². The third-order valence-corrected chi connectivity index (χ3v) is 3.43. The fourth-order valence-corrected chi connectivity index (χ4v) is 2.20. The molecule has 0 aromatic heterocycles. The van der Waals surface area contributed by atoms with E-state index in [9.17, 15) is 10.1 Å². The number of nitrogens with one attached hydrogen (secondary N) is 1. The summed E-state index contributed by atoms with van der Waals surface area (Å²) in [5.41, 5.74) is 1.59. The lowest BCUT2D eigenvalue weighted by atomic mass is 10.1. The lowest BCUT2D eigenvalue weighted by Crippen LogP contribution is -2.14. The minimum atomic E-state index is -0.420. The minimum Gasteiger partial charge on any atom is -0.497 e. The molecule has 0 aliphatic carbocycles. The fourth-order valence-electron chi connectivity index (χ4n) is 1.97. The molecule has 22 heavy (non-hydrogen) atoms. The SMILES string of the molecule is COc1ccc(CNCc2c(Cl)cccc2[N+](=O)[O-])cc1.Cl. The molecule has 5 nitrogen and oxygen atoms in total. The summed E-state index contributed by atoms with van der Waals surface area (Å²) in [4.78, 5) is 10.6. The average molecular weight is 343 g/mol. The van der Waals surface area contributed by atoms with Crippen LogP contribution < -0.4 is 10.1 Å². The van der Waals surface area contributed by atoms with E-state index >= 15 is 0 Å². The van der Waals surface area contributed by atoms with Crippen LogP contribution in [0.1, 0.15) is 11.1 Å². The summed E-state index contributed by atoms with van der Waals surface area (Å²) >= 11 is 6.03.